The maximum atomic E-state index is 12.3. The molecule has 1 saturated heterocycles. The number of carbonyl (C=O) groups is 2. The van der Waals surface area contributed by atoms with Crippen LogP contribution in [0.15, 0.2) is 0 Å². The predicted octanol–water partition coefficient (Wildman–Crippen LogP) is -0.437. The van der Waals surface area contributed by atoms with Crippen molar-refractivity contribution in [2.24, 2.45) is 17.3 Å². The van der Waals surface area contributed by atoms with Crippen molar-refractivity contribution in [1.29, 1.82) is 0 Å². The zero-order valence-corrected chi connectivity index (χ0v) is 10.6. The zero-order chi connectivity index (χ0) is 13.5. The van der Waals surface area contributed by atoms with Gasteiger partial charge in [-0.2, -0.15) is 0 Å². The fourth-order valence-corrected chi connectivity index (χ4v) is 2.79. The van der Waals surface area contributed by atoms with E-state index in [0.717, 1.165) is 0 Å². The van der Waals surface area contributed by atoms with Gasteiger partial charge in [0.05, 0.1) is 31.2 Å². The third-order valence-corrected chi connectivity index (χ3v) is 4.01. The summed E-state index contributed by atoms with van der Waals surface area (Å²) in [7, 11) is 0. The maximum Gasteiger partial charge on any atom is 0.307 e. The quantitative estimate of drug-likeness (QED) is 0.716. The smallest absolute Gasteiger partial charge is 0.307 e. The minimum Gasteiger partial charge on any atom is -0.481 e. The molecule has 6 nitrogen and oxygen atoms in total. The predicted molar refractivity (Wildman–Crippen MR) is 61.8 cm³/mol. The molecule has 1 heterocycles. The number of hydrogen-bond acceptors (Lipinski definition) is 4. The zero-order valence-electron chi connectivity index (χ0n) is 10.6. The Morgan fingerprint density at radius 2 is 2.06 bits per heavy atom. The van der Waals surface area contributed by atoms with Gasteiger partial charge in [-0.3, -0.25) is 9.59 Å². The molecule has 102 valence electrons. The fourth-order valence-electron chi connectivity index (χ4n) is 2.79. The molecule has 3 unspecified atom stereocenters. The van der Waals surface area contributed by atoms with Gasteiger partial charge in [0.25, 0.3) is 0 Å². The van der Waals surface area contributed by atoms with E-state index in [-0.39, 0.29) is 18.6 Å². The lowest BCUT2D eigenvalue weighted by atomic mass is 10.1. The van der Waals surface area contributed by atoms with Crippen LogP contribution in [-0.2, 0) is 14.3 Å². The molecule has 0 aromatic heterocycles. The van der Waals surface area contributed by atoms with Crippen LogP contribution in [0.2, 0.25) is 0 Å². The largest absolute Gasteiger partial charge is 0.481 e. The highest BCUT2D eigenvalue weighted by molar-refractivity contribution is 5.91. The first-order valence-corrected chi connectivity index (χ1v) is 6.13. The lowest BCUT2D eigenvalue weighted by Gasteiger charge is -2.32. The van der Waals surface area contributed by atoms with E-state index in [0.29, 0.717) is 19.7 Å². The summed E-state index contributed by atoms with van der Waals surface area (Å²) >= 11 is 0. The normalized spacial score (nSPS) is 34.2. The molecule has 6 heteroatoms. The molecule has 2 fully saturated rings. The Balaban J connectivity index is 2.02. The topological polar surface area (TPSA) is 87.1 Å². The van der Waals surface area contributed by atoms with Crippen LogP contribution in [0.5, 0.6) is 0 Å². The second-order valence-electron chi connectivity index (χ2n) is 5.57. The molecule has 1 aliphatic carbocycles. The standard InChI is InChI=1S/C12H19NO5/c1-12(2)8(9(12)11(16)17)10(15)13-3-4-18-7(5-13)6-14/h7-9,14H,3-6H2,1-2H3,(H,16,17). The van der Waals surface area contributed by atoms with E-state index < -0.39 is 23.2 Å². The molecule has 0 bridgehead atoms. The second kappa shape index (κ2) is 4.51. The molecule has 0 radical (unpaired) electrons. The van der Waals surface area contributed by atoms with Crippen molar-refractivity contribution in [3.8, 4) is 0 Å². The van der Waals surface area contributed by atoms with Crippen molar-refractivity contribution in [2.75, 3.05) is 26.3 Å². The van der Waals surface area contributed by atoms with E-state index in [4.69, 9.17) is 14.9 Å². The molecule has 0 aromatic carbocycles. The van der Waals surface area contributed by atoms with E-state index in [9.17, 15) is 9.59 Å². The van der Waals surface area contributed by atoms with Gasteiger partial charge in [-0.15, -0.1) is 0 Å². The Morgan fingerprint density at radius 3 is 2.56 bits per heavy atom. The summed E-state index contributed by atoms with van der Waals surface area (Å²) in [6.07, 6.45) is -0.354. The number of morpholine rings is 1. The van der Waals surface area contributed by atoms with Crippen molar-refractivity contribution in [3.63, 3.8) is 0 Å². The number of carboxylic acids is 1. The highest BCUT2D eigenvalue weighted by atomic mass is 16.5. The van der Waals surface area contributed by atoms with E-state index >= 15 is 0 Å². The van der Waals surface area contributed by atoms with Crippen molar-refractivity contribution >= 4 is 11.9 Å². The second-order valence-corrected chi connectivity index (χ2v) is 5.57. The lowest BCUT2D eigenvalue weighted by molar-refractivity contribution is -0.145. The molecule has 1 saturated carbocycles. The Morgan fingerprint density at radius 1 is 1.39 bits per heavy atom. The van der Waals surface area contributed by atoms with Crippen LogP contribution in [0.4, 0.5) is 0 Å². The van der Waals surface area contributed by atoms with Crippen LogP contribution in [0, 0.1) is 17.3 Å². The van der Waals surface area contributed by atoms with Crippen LogP contribution in [0.25, 0.3) is 0 Å². The van der Waals surface area contributed by atoms with Crippen LogP contribution in [0.1, 0.15) is 13.8 Å². The van der Waals surface area contributed by atoms with Crippen LogP contribution in [-0.4, -0.2) is 59.4 Å². The van der Waals surface area contributed by atoms with E-state index in [1.54, 1.807) is 18.7 Å². The van der Waals surface area contributed by atoms with Gasteiger partial charge in [0.2, 0.25) is 5.91 Å². The first-order valence-electron chi connectivity index (χ1n) is 6.13. The number of rotatable bonds is 3. The molecule has 1 amide bonds. The SMILES string of the molecule is CC1(C)C(C(=O)O)C1C(=O)N1CCOC(CO)C1. The Bertz CT molecular complexity index is 367. The molecule has 18 heavy (non-hydrogen) atoms. The first-order chi connectivity index (χ1) is 8.39. The average molecular weight is 257 g/mol. The molecule has 1 aliphatic heterocycles. The Hall–Kier alpha value is -1.14. The first kappa shape index (κ1) is 13.3. The number of amides is 1. The highest BCUT2D eigenvalue weighted by Crippen LogP contribution is 2.59. The minimum absolute atomic E-state index is 0.125. The third kappa shape index (κ3) is 2.10. The highest BCUT2D eigenvalue weighted by Gasteiger charge is 2.66. The molecular formula is C12H19NO5. The molecule has 0 spiro atoms. The van der Waals surface area contributed by atoms with E-state index in [1.165, 1.54) is 0 Å². The van der Waals surface area contributed by atoms with Gasteiger partial charge in [0.1, 0.15) is 0 Å². The molecular weight excluding hydrogens is 238 g/mol. The number of carbonyl (C=O) groups excluding carboxylic acids is 1. The third-order valence-electron chi connectivity index (χ3n) is 4.01. The molecule has 2 rings (SSSR count). The number of nitrogens with zero attached hydrogens (tertiary/aromatic N) is 1. The van der Waals surface area contributed by atoms with Crippen LogP contribution in [0.3, 0.4) is 0 Å². The Labute approximate surface area is 106 Å². The maximum absolute atomic E-state index is 12.3. The number of ether oxygens (including phenoxy) is 1. The minimum atomic E-state index is -0.912. The lowest BCUT2D eigenvalue weighted by Crippen LogP contribution is -2.48. The summed E-state index contributed by atoms with van der Waals surface area (Å²) in [5.41, 5.74) is -0.476. The monoisotopic (exact) mass is 257 g/mol. The van der Waals surface area contributed by atoms with Gasteiger partial charge in [0, 0.05) is 13.1 Å². The number of hydrogen-bond donors (Lipinski definition) is 2. The van der Waals surface area contributed by atoms with Gasteiger partial charge in [0.15, 0.2) is 0 Å². The number of carboxylic acid groups (broad SMARTS) is 1. The number of aliphatic hydroxyl groups is 1. The van der Waals surface area contributed by atoms with Crippen LogP contribution < -0.4 is 0 Å². The summed E-state index contributed by atoms with van der Waals surface area (Å²) in [6.45, 7) is 4.68. The number of aliphatic hydroxyl groups excluding tert-OH is 1. The molecule has 2 N–H and O–H groups in total. The summed E-state index contributed by atoms with van der Waals surface area (Å²) in [4.78, 5) is 24.9. The Kier molecular flexibility index (Phi) is 3.33. The fraction of sp³-hybridized carbons (Fsp3) is 0.833. The molecule has 3 atom stereocenters. The number of aliphatic carboxylic acids is 1. The van der Waals surface area contributed by atoms with Crippen molar-refractivity contribution < 1.29 is 24.5 Å². The van der Waals surface area contributed by atoms with Gasteiger partial charge in [-0.1, -0.05) is 13.8 Å². The van der Waals surface area contributed by atoms with Crippen LogP contribution >= 0.6 is 0 Å². The van der Waals surface area contributed by atoms with E-state index in [1.807, 2.05) is 0 Å². The average Bonchev–Trinajstić information content (AvgIpc) is 2.91. The summed E-state index contributed by atoms with van der Waals surface area (Å²) in [6, 6.07) is 0. The molecule has 2 aliphatic rings. The summed E-state index contributed by atoms with van der Waals surface area (Å²) in [5.74, 6) is -2.09. The summed E-state index contributed by atoms with van der Waals surface area (Å²) in [5, 5.41) is 18.1. The van der Waals surface area contributed by atoms with Gasteiger partial charge in [-0.25, -0.2) is 0 Å². The molecule has 0 aromatic rings. The van der Waals surface area contributed by atoms with E-state index in [2.05, 4.69) is 0 Å². The summed E-state index contributed by atoms with van der Waals surface area (Å²) < 4.78 is 5.27. The van der Waals surface area contributed by atoms with Crippen molar-refractivity contribution in [3.05, 3.63) is 0 Å². The van der Waals surface area contributed by atoms with Gasteiger partial charge < -0.3 is 19.8 Å². The van der Waals surface area contributed by atoms with Crippen molar-refractivity contribution in [1.82, 2.24) is 4.90 Å². The van der Waals surface area contributed by atoms with Gasteiger partial charge >= 0.3 is 5.97 Å². The van der Waals surface area contributed by atoms with Gasteiger partial charge in [-0.05, 0) is 5.41 Å². The van der Waals surface area contributed by atoms with Crippen molar-refractivity contribution in [2.45, 2.75) is 20.0 Å².